The van der Waals surface area contributed by atoms with E-state index in [1.54, 1.807) is 11.3 Å². The molecule has 2 nitrogen and oxygen atoms in total. The molecule has 2 aromatic heterocycles. The predicted octanol–water partition coefficient (Wildman–Crippen LogP) is 4.68. The van der Waals surface area contributed by atoms with Crippen molar-refractivity contribution in [3.05, 3.63) is 64.0 Å². The van der Waals surface area contributed by atoms with Gasteiger partial charge < -0.3 is 5.73 Å². The Morgan fingerprint density at radius 2 is 1.95 bits per heavy atom. The molecule has 0 saturated heterocycles. The van der Waals surface area contributed by atoms with Crippen LogP contribution in [-0.2, 0) is 12.8 Å². The minimum Gasteiger partial charge on any atom is -0.324 e. The maximum atomic E-state index is 6.27. The van der Waals surface area contributed by atoms with Gasteiger partial charge in [0.2, 0.25) is 0 Å². The quantitative estimate of drug-likeness (QED) is 0.743. The van der Waals surface area contributed by atoms with Crippen LogP contribution >= 0.6 is 22.7 Å². The molecule has 0 aliphatic carbocycles. The fraction of sp³-hybridized carbons (Fsp3) is 0.235. The Kier molecular flexibility index (Phi) is 4.48. The number of benzene rings is 1. The lowest BCUT2D eigenvalue weighted by Gasteiger charge is -2.09. The summed E-state index contributed by atoms with van der Waals surface area (Å²) in [6, 6.07) is 14.6. The van der Waals surface area contributed by atoms with Crippen molar-refractivity contribution < 1.29 is 0 Å². The number of aromatic nitrogens is 1. The van der Waals surface area contributed by atoms with Crippen LogP contribution in [0.5, 0.6) is 0 Å². The molecule has 1 unspecified atom stereocenters. The number of rotatable bonds is 5. The number of nitrogens with zero attached hydrogens (tertiary/aromatic N) is 1. The van der Waals surface area contributed by atoms with Crippen molar-refractivity contribution in [2.45, 2.75) is 25.8 Å². The standard InChI is InChI=1S/C17H18N2S2/c1-2-14-8-9-16(21-14)17-19-13(11-20-17)10-15(18)12-6-4-3-5-7-12/h3-9,11,15H,2,10,18H2,1H3. The molecule has 4 heteroatoms. The van der Waals surface area contributed by atoms with Gasteiger partial charge in [-0.05, 0) is 24.1 Å². The van der Waals surface area contributed by atoms with Gasteiger partial charge in [-0.25, -0.2) is 4.98 Å². The number of thiophene rings is 1. The van der Waals surface area contributed by atoms with Crippen LogP contribution < -0.4 is 5.73 Å². The molecule has 0 aliphatic rings. The molecule has 0 radical (unpaired) electrons. The second kappa shape index (κ2) is 6.52. The van der Waals surface area contributed by atoms with Crippen molar-refractivity contribution in [2.24, 2.45) is 5.73 Å². The highest BCUT2D eigenvalue weighted by Crippen LogP contribution is 2.31. The van der Waals surface area contributed by atoms with Gasteiger partial charge in [0.1, 0.15) is 5.01 Å². The van der Waals surface area contributed by atoms with Crippen molar-refractivity contribution in [2.75, 3.05) is 0 Å². The molecule has 0 fully saturated rings. The van der Waals surface area contributed by atoms with E-state index in [2.05, 4.69) is 36.6 Å². The monoisotopic (exact) mass is 314 g/mol. The smallest absolute Gasteiger partial charge is 0.133 e. The summed E-state index contributed by atoms with van der Waals surface area (Å²) in [6.07, 6.45) is 1.87. The normalized spacial score (nSPS) is 12.5. The van der Waals surface area contributed by atoms with E-state index in [0.29, 0.717) is 0 Å². The van der Waals surface area contributed by atoms with Crippen molar-refractivity contribution in [3.63, 3.8) is 0 Å². The third-order valence-corrected chi connectivity index (χ3v) is 5.72. The van der Waals surface area contributed by atoms with Crippen molar-refractivity contribution >= 4 is 22.7 Å². The highest BCUT2D eigenvalue weighted by molar-refractivity contribution is 7.21. The number of thiazole rings is 1. The van der Waals surface area contributed by atoms with E-state index in [-0.39, 0.29) is 6.04 Å². The highest BCUT2D eigenvalue weighted by Gasteiger charge is 2.11. The molecule has 2 N–H and O–H groups in total. The highest BCUT2D eigenvalue weighted by atomic mass is 32.1. The average Bonchev–Trinajstić information content (AvgIpc) is 3.16. The molecule has 3 aromatic rings. The van der Waals surface area contributed by atoms with Gasteiger partial charge in [-0.1, -0.05) is 37.3 Å². The molecule has 0 aliphatic heterocycles. The van der Waals surface area contributed by atoms with Crippen LogP contribution in [0.25, 0.3) is 9.88 Å². The number of hydrogen-bond donors (Lipinski definition) is 1. The lowest BCUT2D eigenvalue weighted by atomic mass is 10.0. The minimum absolute atomic E-state index is 0.00990. The molecule has 21 heavy (non-hydrogen) atoms. The van der Waals surface area contributed by atoms with Gasteiger partial charge in [0.05, 0.1) is 10.6 Å². The van der Waals surface area contributed by atoms with Crippen LogP contribution in [-0.4, -0.2) is 4.98 Å². The zero-order valence-corrected chi connectivity index (χ0v) is 13.6. The van der Waals surface area contributed by atoms with E-state index in [1.807, 2.05) is 29.5 Å². The summed E-state index contributed by atoms with van der Waals surface area (Å²) >= 11 is 3.54. The van der Waals surface area contributed by atoms with E-state index in [1.165, 1.54) is 9.75 Å². The van der Waals surface area contributed by atoms with Gasteiger partial charge in [0.25, 0.3) is 0 Å². The average molecular weight is 314 g/mol. The summed E-state index contributed by atoms with van der Waals surface area (Å²) in [5.74, 6) is 0. The third-order valence-electron chi connectivity index (χ3n) is 3.43. The zero-order valence-electron chi connectivity index (χ0n) is 12.0. The Balaban J connectivity index is 1.73. The molecule has 1 aromatic carbocycles. The van der Waals surface area contributed by atoms with Crippen LogP contribution in [0.1, 0.15) is 29.1 Å². The van der Waals surface area contributed by atoms with E-state index in [4.69, 9.17) is 10.7 Å². The first-order chi connectivity index (χ1) is 10.3. The Bertz CT molecular complexity index is 700. The second-order valence-electron chi connectivity index (χ2n) is 4.98. The summed E-state index contributed by atoms with van der Waals surface area (Å²) in [5, 5.41) is 3.23. The number of aryl methyl sites for hydroxylation is 1. The van der Waals surface area contributed by atoms with Crippen molar-refractivity contribution in [3.8, 4) is 9.88 Å². The lowest BCUT2D eigenvalue weighted by Crippen LogP contribution is -2.13. The molecule has 3 rings (SSSR count). The molecule has 0 amide bonds. The third kappa shape index (κ3) is 3.40. The first-order valence-electron chi connectivity index (χ1n) is 7.10. The van der Waals surface area contributed by atoms with Gasteiger partial charge in [-0.15, -0.1) is 22.7 Å². The van der Waals surface area contributed by atoms with Gasteiger partial charge >= 0.3 is 0 Å². The van der Waals surface area contributed by atoms with E-state index in [9.17, 15) is 0 Å². The van der Waals surface area contributed by atoms with Crippen LogP contribution in [0.15, 0.2) is 47.8 Å². The first-order valence-corrected chi connectivity index (χ1v) is 8.80. The Hall–Kier alpha value is -1.49. The summed E-state index contributed by atoms with van der Waals surface area (Å²) in [4.78, 5) is 7.41. The minimum atomic E-state index is 0.00990. The van der Waals surface area contributed by atoms with Crippen molar-refractivity contribution in [1.82, 2.24) is 4.98 Å². The van der Waals surface area contributed by atoms with Crippen LogP contribution in [0, 0.1) is 0 Å². The van der Waals surface area contributed by atoms with E-state index < -0.39 is 0 Å². The van der Waals surface area contributed by atoms with Crippen LogP contribution in [0.3, 0.4) is 0 Å². The fourth-order valence-corrected chi connectivity index (χ4v) is 4.09. The Labute approximate surface area is 133 Å². The molecular weight excluding hydrogens is 296 g/mol. The van der Waals surface area contributed by atoms with Crippen LogP contribution in [0.4, 0.5) is 0 Å². The molecule has 108 valence electrons. The number of nitrogens with two attached hydrogens (primary N) is 1. The second-order valence-corrected chi connectivity index (χ2v) is 7.01. The Morgan fingerprint density at radius 3 is 2.67 bits per heavy atom. The van der Waals surface area contributed by atoms with E-state index >= 15 is 0 Å². The van der Waals surface area contributed by atoms with Gasteiger partial charge in [0, 0.05) is 22.7 Å². The Morgan fingerprint density at radius 1 is 1.14 bits per heavy atom. The zero-order chi connectivity index (χ0) is 14.7. The fourth-order valence-electron chi connectivity index (χ4n) is 2.24. The largest absolute Gasteiger partial charge is 0.324 e. The molecular formula is C17H18N2S2. The summed E-state index contributed by atoms with van der Waals surface area (Å²) in [7, 11) is 0. The summed E-state index contributed by atoms with van der Waals surface area (Å²) in [5.41, 5.74) is 8.51. The van der Waals surface area contributed by atoms with E-state index in [0.717, 1.165) is 29.1 Å². The predicted molar refractivity (Wildman–Crippen MR) is 91.9 cm³/mol. The lowest BCUT2D eigenvalue weighted by molar-refractivity contribution is 0.710. The van der Waals surface area contributed by atoms with Crippen molar-refractivity contribution in [1.29, 1.82) is 0 Å². The molecule has 2 heterocycles. The molecule has 0 saturated carbocycles. The maximum Gasteiger partial charge on any atom is 0.133 e. The SMILES string of the molecule is CCc1ccc(-c2nc(CC(N)c3ccccc3)cs2)s1. The summed E-state index contributed by atoms with van der Waals surface area (Å²) in [6.45, 7) is 2.18. The van der Waals surface area contributed by atoms with Gasteiger partial charge in [0.15, 0.2) is 0 Å². The first kappa shape index (κ1) is 14.4. The number of hydrogen-bond acceptors (Lipinski definition) is 4. The van der Waals surface area contributed by atoms with Gasteiger partial charge in [-0.3, -0.25) is 0 Å². The molecule has 1 atom stereocenters. The topological polar surface area (TPSA) is 38.9 Å². The van der Waals surface area contributed by atoms with Crippen LogP contribution in [0.2, 0.25) is 0 Å². The molecule has 0 bridgehead atoms. The maximum absolute atomic E-state index is 6.27. The summed E-state index contributed by atoms with van der Waals surface area (Å²) < 4.78 is 0. The van der Waals surface area contributed by atoms with Gasteiger partial charge in [-0.2, -0.15) is 0 Å². The molecule has 0 spiro atoms.